The molecule has 1 aromatic heterocycles. The molecule has 0 fully saturated rings. The number of benzene rings is 1. The molecule has 0 bridgehead atoms. The largest absolute Gasteiger partial charge is 0.493 e. The molecular weight excluding hydrogens is 228 g/mol. The Balaban J connectivity index is 2.25. The van der Waals surface area contributed by atoms with Crippen molar-refractivity contribution in [3.05, 3.63) is 30.5 Å². The van der Waals surface area contributed by atoms with Crippen molar-refractivity contribution in [3.63, 3.8) is 0 Å². The van der Waals surface area contributed by atoms with Crippen LogP contribution in [-0.2, 0) is 11.3 Å². The molecule has 0 unspecified atom stereocenters. The van der Waals surface area contributed by atoms with E-state index in [1.165, 1.54) is 0 Å². The quantitative estimate of drug-likeness (QED) is 0.878. The monoisotopic (exact) mass is 246 g/mol. The van der Waals surface area contributed by atoms with Crippen LogP contribution in [0.3, 0.4) is 0 Å². The van der Waals surface area contributed by atoms with Crippen LogP contribution < -0.4 is 10.1 Å². The molecule has 0 aliphatic heterocycles. The molecule has 1 amide bonds. The van der Waals surface area contributed by atoms with Crippen molar-refractivity contribution in [3.8, 4) is 5.75 Å². The lowest BCUT2D eigenvalue weighted by molar-refractivity contribution is -0.120. The van der Waals surface area contributed by atoms with Crippen LogP contribution in [0.4, 0.5) is 0 Å². The first kappa shape index (κ1) is 12.5. The lowest BCUT2D eigenvalue weighted by Gasteiger charge is -2.07. The van der Waals surface area contributed by atoms with E-state index in [0.717, 1.165) is 16.7 Å². The third kappa shape index (κ3) is 2.47. The maximum Gasteiger partial charge on any atom is 0.221 e. The van der Waals surface area contributed by atoms with Crippen LogP contribution in [0.25, 0.3) is 10.9 Å². The zero-order chi connectivity index (χ0) is 13.0. The van der Waals surface area contributed by atoms with Crippen LogP contribution in [0.5, 0.6) is 5.75 Å². The van der Waals surface area contributed by atoms with Gasteiger partial charge in [0.1, 0.15) is 5.75 Å². The smallest absolute Gasteiger partial charge is 0.221 e. The summed E-state index contributed by atoms with van der Waals surface area (Å²) >= 11 is 0. The minimum Gasteiger partial charge on any atom is -0.493 e. The van der Waals surface area contributed by atoms with Crippen molar-refractivity contribution in [1.82, 2.24) is 9.88 Å². The van der Waals surface area contributed by atoms with Crippen molar-refractivity contribution >= 4 is 16.8 Å². The topological polar surface area (TPSA) is 43.3 Å². The van der Waals surface area contributed by atoms with E-state index in [2.05, 4.69) is 9.88 Å². The third-order valence-corrected chi connectivity index (χ3v) is 2.93. The van der Waals surface area contributed by atoms with Crippen molar-refractivity contribution in [1.29, 1.82) is 0 Å². The summed E-state index contributed by atoms with van der Waals surface area (Å²) in [5, 5.41) is 3.72. The summed E-state index contributed by atoms with van der Waals surface area (Å²) < 4.78 is 7.66. The normalized spacial score (nSPS) is 10.6. The zero-order valence-electron chi connectivity index (χ0n) is 10.8. The summed E-state index contributed by atoms with van der Waals surface area (Å²) in [4.78, 5) is 11.3. The van der Waals surface area contributed by atoms with Crippen molar-refractivity contribution in [2.75, 3.05) is 13.7 Å². The Morgan fingerprint density at radius 1 is 1.39 bits per heavy atom. The molecule has 0 radical (unpaired) electrons. The molecule has 0 aliphatic carbocycles. The molecule has 1 N–H and O–H groups in total. The predicted octanol–water partition coefficient (Wildman–Crippen LogP) is 2.18. The fraction of sp³-hybridized carbons (Fsp3) is 0.357. The Kier molecular flexibility index (Phi) is 3.87. The molecule has 0 atom stereocenters. The van der Waals surface area contributed by atoms with Gasteiger partial charge in [0, 0.05) is 31.6 Å². The van der Waals surface area contributed by atoms with Crippen LogP contribution >= 0.6 is 0 Å². The molecule has 0 spiro atoms. The van der Waals surface area contributed by atoms with Gasteiger partial charge in [-0.3, -0.25) is 4.79 Å². The summed E-state index contributed by atoms with van der Waals surface area (Å²) in [7, 11) is 1.66. The summed E-state index contributed by atoms with van der Waals surface area (Å²) in [6.45, 7) is 3.31. The van der Waals surface area contributed by atoms with Gasteiger partial charge in [-0.1, -0.05) is 6.07 Å². The number of nitrogens with one attached hydrogen (secondary N) is 1. The second kappa shape index (κ2) is 5.58. The van der Waals surface area contributed by atoms with E-state index >= 15 is 0 Å². The molecule has 4 nitrogen and oxygen atoms in total. The van der Waals surface area contributed by atoms with Crippen LogP contribution in [0.1, 0.15) is 13.3 Å². The molecular formula is C14H18N2O2. The highest BCUT2D eigenvalue weighted by Crippen LogP contribution is 2.26. The summed E-state index contributed by atoms with van der Waals surface area (Å²) in [5.41, 5.74) is 1.10. The number of aromatic nitrogens is 1. The van der Waals surface area contributed by atoms with Gasteiger partial charge in [-0.05, 0) is 25.1 Å². The molecule has 4 heteroatoms. The number of ether oxygens (including phenoxy) is 1. The van der Waals surface area contributed by atoms with Crippen molar-refractivity contribution in [2.24, 2.45) is 0 Å². The first-order valence-corrected chi connectivity index (χ1v) is 6.17. The van der Waals surface area contributed by atoms with Crippen LogP contribution in [-0.4, -0.2) is 24.1 Å². The number of carbonyl (C=O) groups excluding carboxylic acids is 1. The number of aryl methyl sites for hydroxylation is 1. The standard InChI is InChI=1S/C14H18N2O2/c1-3-18-13-6-4-5-12-11(13)7-9-16(12)10-8-14(17)15-2/h4-7,9H,3,8,10H2,1-2H3,(H,15,17). The Morgan fingerprint density at radius 3 is 2.94 bits per heavy atom. The van der Waals surface area contributed by atoms with Crippen LogP contribution in [0.2, 0.25) is 0 Å². The zero-order valence-corrected chi connectivity index (χ0v) is 10.8. The molecule has 1 heterocycles. The number of hydrogen-bond acceptors (Lipinski definition) is 2. The molecule has 0 saturated carbocycles. The fourth-order valence-corrected chi connectivity index (χ4v) is 2.02. The Hall–Kier alpha value is -1.97. The molecule has 2 rings (SSSR count). The number of hydrogen-bond donors (Lipinski definition) is 1. The minimum atomic E-state index is 0.0535. The predicted molar refractivity (Wildman–Crippen MR) is 71.8 cm³/mol. The summed E-state index contributed by atoms with van der Waals surface area (Å²) in [6, 6.07) is 8.02. The Morgan fingerprint density at radius 2 is 2.22 bits per heavy atom. The van der Waals surface area contributed by atoms with E-state index in [4.69, 9.17) is 4.74 Å². The molecule has 0 saturated heterocycles. The number of nitrogens with zero attached hydrogens (tertiary/aromatic N) is 1. The molecule has 18 heavy (non-hydrogen) atoms. The molecule has 96 valence electrons. The van der Waals surface area contributed by atoms with E-state index < -0.39 is 0 Å². The molecule has 2 aromatic rings. The first-order valence-electron chi connectivity index (χ1n) is 6.17. The number of rotatable bonds is 5. The van der Waals surface area contributed by atoms with Gasteiger partial charge in [-0.25, -0.2) is 0 Å². The highest BCUT2D eigenvalue weighted by molar-refractivity contribution is 5.86. The lowest BCUT2D eigenvalue weighted by atomic mass is 10.2. The minimum absolute atomic E-state index is 0.0535. The number of fused-ring (bicyclic) bond motifs is 1. The van der Waals surface area contributed by atoms with E-state index in [-0.39, 0.29) is 5.91 Å². The van der Waals surface area contributed by atoms with E-state index in [1.807, 2.05) is 37.4 Å². The molecule has 1 aromatic carbocycles. The highest BCUT2D eigenvalue weighted by Gasteiger charge is 2.07. The Bertz CT molecular complexity index is 546. The average Bonchev–Trinajstić information content (AvgIpc) is 2.80. The van der Waals surface area contributed by atoms with Crippen molar-refractivity contribution < 1.29 is 9.53 Å². The van der Waals surface area contributed by atoms with E-state index in [9.17, 15) is 4.79 Å². The van der Waals surface area contributed by atoms with E-state index in [1.54, 1.807) is 7.05 Å². The first-order chi connectivity index (χ1) is 8.76. The SMILES string of the molecule is CCOc1cccc2c1ccn2CCC(=O)NC. The number of amides is 1. The maximum absolute atomic E-state index is 11.3. The lowest BCUT2D eigenvalue weighted by Crippen LogP contribution is -2.19. The van der Waals surface area contributed by atoms with E-state index in [0.29, 0.717) is 19.6 Å². The van der Waals surface area contributed by atoms with Gasteiger partial charge in [0.05, 0.1) is 12.1 Å². The highest BCUT2D eigenvalue weighted by atomic mass is 16.5. The van der Waals surface area contributed by atoms with Crippen LogP contribution in [0.15, 0.2) is 30.5 Å². The van der Waals surface area contributed by atoms with Gasteiger partial charge < -0.3 is 14.6 Å². The van der Waals surface area contributed by atoms with Gasteiger partial charge in [0.2, 0.25) is 5.91 Å². The second-order valence-electron chi connectivity index (χ2n) is 4.05. The summed E-state index contributed by atoms with van der Waals surface area (Å²) in [5.74, 6) is 0.950. The van der Waals surface area contributed by atoms with Gasteiger partial charge in [-0.15, -0.1) is 0 Å². The third-order valence-electron chi connectivity index (χ3n) is 2.93. The fourth-order valence-electron chi connectivity index (χ4n) is 2.02. The van der Waals surface area contributed by atoms with Gasteiger partial charge in [-0.2, -0.15) is 0 Å². The summed E-state index contributed by atoms with van der Waals surface area (Å²) in [6.07, 6.45) is 2.48. The Labute approximate surface area is 107 Å². The van der Waals surface area contributed by atoms with Crippen LogP contribution in [0, 0.1) is 0 Å². The maximum atomic E-state index is 11.3. The van der Waals surface area contributed by atoms with Crippen molar-refractivity contribution in [2.45, 2.75) is 19.9 Å². The molecule has 0 aliphatic rings. The second-order valence-corrected chi connectivity index (χ2v) is 4.05. The average molecular weight is 246 g/mol. The van der Waals surface area contributed by atoms with Gasteiger partial charge in [0.25, 0.3) is 0 Å². The van der Waals surface area contributed by atoms with Gasteiger partial charge in [0.15, 0.2) is 0 Å². The van der Waals surface area contributed by atoms with Gasteiger partial charge >= 0.3 is 0 Å². The number of carbonyl (C=O) groups is 1.